The third-order valence-electron chi connectivity index (χ3n) is 2.31. The number of aliphatic carboxylic acids is 1. The van der Waals surface area contributed by atoms with Crippen molar-refractivity contribution in [2.24, 2.45) is 0 Å². The number of hydrogen-bond acceptors (Lipinski definition) is 5. The minimum atomic E-state index is -3.45. The van der Waals surface area contributed by atoms with E-state index in [2.05, 4.69) is 5.32 Å². The van der Waals surface area contributed by atoms with Crippen LogP contribution >= 0.6 is 0 Å². The number of hydrogen-bond donors (Lipinski definition) is 3. The highest BCUT2D eigenvalue weighted by Crippen LogP contribution is 2.11. The van der Waals surface area contributed by atoms with Gasteiger partial charge in [0.2, 0.25) is 0 Å². The molecule has 0 aliphatic carbocycles. The zero-order valence-electron chi connectivity index (χ0n) is 10.0. The Labute approximate surface area is 109 Å². The Kier molecular flexibility index (Phi) is 4.62. The second kappa shape index (κ2) is 5.81. The van der Waals surface area contributed by atoms with Crippen molar-refractivity contribution < 1.29 is 28.2 Å². The summed E-state index contributed by atoms with van der Waals surface area (Å²) < 4.78 is 22.7. The third kappa shape index (κ3) is 4.04. The molecule has 3 N–H and O–H groups in total. The first kappa shape index (κ1) is 15.1. The molecular formula is C11H13NO6S. The van der Waals surface area contributed by atoms with Gasteiger partial charge in [-0.05, 0) is 18.2 Å². The molecule has 0 heterocycles. The summed E-state index contributed by atoms with van der Waals surface area (Å²) in [7, 11) is -3.45. The fourth-order valence-corrected chi connectivity index (χ4v) is 1.96. The van der Waals surface area contributed by atoms with E-state index in [0.717, 1.165) is 12.3 Å². The molecule has 0 unspecified atom stereocenters. The van der Waals surface area contributed by atoms with Gasteiger partial charge in [0.25, 0.3) is 5.91 Å². The normalized spacial score (nSPS) is 12.7. The van der Waals surface area contributed by atoms with Crippen molar-refractivity contribution in [2.75, 3.05) is 12.9 Å². The van der Waals surface area contributed by atoms with Crippen molar-refractivity contribution >= 4 is 21.7 Å². The zero-order chi connectivity index (χ0) is 14.6. The topological polar surface area (TPSA) is 121 Å². The van der Waals surface area contributed by atoms with E-state index in [1.54, 1.807) is 0 Å². The van der Waals surface area contributed by atoms with Crippen LogP contribution in [0.25, 0.3) is 0 Å². The molecule has 7 nitrogen and oxygen atoms in total. The number of nitrogens with one attached hydrogen (secondary N) is 1. The molecule has 1 aromatic carbocycles. The summed E-state index contributed by atoms with van der Waals surface area (Å²) in [6.45, 7) is -0.757. The van der Waals surface area contributed by atoms with Gasteiger partial charge in [-0.1, -0.05) is 6.07 Å². The molecule has 1 rings (SSSR count). The Bertz CT molecular complexity index is 595. The molecule has 0 aromatic heterocycles. The van der Waals surface area contributed by atoms with Crippen molar-refractivity contribution in [1.82, 2.24) is 5.32 Å². The molecule has 1 amide bonds. The first-order chi connectivity index (χ1) is 8.75. The van der Waals surface area contributed by atoms with Crippen molar-refractivity contribution in [3.8, 4) is 0 Å². The molecule has 0 saturated carbocycles. The van der Waals surface area contributed by atoms with Crippen LogP contribution in [0.5, 0.6) is 0 Å². The second-order valence-corrected chi connectivity index (χ2v) is 5.86. The van der Waals surface area contributed by atoms with Crippen LogP contribution in [0.3, 0.4) is 0 Å². The molecule has 1 atom stereocenters. The maximum Gasteiger partial charge on any atom is 0.328 e. The summed E-state index contributed by atoms with van der Waals surface area (Å²) in [6, 6.07) is 3.75. The van der Waals surface area contributed by atoms with Crippen LogP contribution in [0.1, 0.15) is 10.4 Å². The molecule has 0 spiro atoms. The maximum absolute atomic E-state index is 11.7. The van der Waals surface area contributed by atoms with Gasteiger partial charge in [0.1, 0.15) is 0 Å². The van der Waals surface area contributed by atoms with Crippen molar-refractivity contribution in [2.45, 2.75) is 10.9 Å². The molecule has 104 valence electrons. The second-order valence-electron chi connectivity index (χ2n) is 3.85. The molecule has 8 heteroatoms. The summed E-state index contributed by atoms with van der Waals surface area (Å²) in [5.74, 6) is -2.15. The van der Waals surface area contributed by atoms with Gasteiger partial charge in [0, 0.05) is 11.8 Å². The number of benzene rings is 1. The smallest absolute Gasteiger partial charge is 0.328 e. The van der Waals surface area contributed by atoms with Crippen LogP contribution in [-0.4, -0.2) is 49.4 Å². The number of carboxylic acid groups (broad SMARTS) is 1. The van der Waals surface area contributed by atoms with Gasteiger partial charge in [0.05, 0.1) is 11.5 Å². The predicted molar refractivity (Wildman–Crippen MR) is 65.5 cm³/mol. The summed E-state index contributed by atoms with van der Waals surface area (Å²) in [6.07, 6.45) is 0.998. The third-order valence-corrected chi connectivity index (χ3v) is 3.42. The van der Waals surface area contributed by atoms with Crippen LogP contribution in [-0.2, 0) is 14.6 Å². The molecule has 0 bridgehead atoms. The number of carbonyl (C=O) groups is 2. The molecule has 0 aliphatic heterocycles. The van der Waals surface area contributed by atoms with Gasteiger partial charge in [-0.25, -0.2) is 13.2 Å². The van der Waals surface area contributed by atoms with Gasteiger partial charge in [-0.2, -0.15) is 0 Å². The van der Waals surface area contributed by atoms with E-state index < -0.39 is 34.4 Å². The number of rotatable bonds is 5. The van der Waals surface area contributed by atoms with Gasteiger partial charge in [0.15, 0.2) is 15.9 Å². The monoisotopic (exact) mass is 287 g/mol. The van der Waals surface area contributed by atoms with Gasteiger partial charge < -0.3 is 15.5 Å². The first-order valence-corrected chi connectivity index (χ1v) is 7.09. The highest BCUT2D eigenvalue weighted by molar-refractivity contribution is 7.90. The molecule has 0 fully saturated rings. The number of aliphatic hydroxyl groups is 1. The molecule has 1 aromatic rings. The Morgan fingerprint density at radius 1 is 1.37 bits per heavy atom. The first-order valence-electron chi connectivity index (χ1n) is 5.20. The van der Waals surface area contributed by atoms with Gasteiger partial charge in [-0.3, -0.25) is 4.79 Å². The fraction of sp³-hybridized carbons (Fsp3) is 0.273. The molecule has 0 aliphatic rings. The summed E-state index contributed by atoms with van der Waals surface area (Å²) in [5.41, 5.74) is 0.00243. The fourth-order valence-electron chi connectivity index (χ4n) is 1.30. The number of sulfone groups is 1. The number of carbonyl (C=O) groups excluding carboxylic acids is 1. The lowest BCUT2D eigenvalue weighted by atomic mass is 10.2. The minimum absolute atomic E-state index is 0.00243. The average molecular weight is 287 g/mol. The van der Waals surface area contributed by atoms with E-state index in [0.29, 0.717) is 0 Å². The van der Waals surface area contributed by atoms with Crippen molar-refractivity contribution in [1.29, 1.82) is 0 Å². The number of aliphatic hydroxyl groups excluding tert-OH is 1. The Balaban J connectivity index is 2.98. The average Bonchev–Trinajstić information content (AvgIpc) is 2.34. The van der Waals surface area contributed by atoms with E-state index in [-0.39, 0.29) is 10.5 Å². The SMILES string of the molecule is CS(=O)(=O)c1cccc(C(=O)N[C@H](CO)C(=O)O)c1. The Morgan fingerprint density at radius 3 is 2.47 bits per heavy atom. The molecule has 0 radical (unpaired) electrons. The van der Waals surface area contributed by atoms with Crippen LogP contribution < -0.4 is 5.32 Å². The van der Waals surface area contributed by atoms with E-state index in [4.69, 9.17) is 10.2 Å². The largest absolute Gasteiger partial charge is 0.480 e. The standard InChI is InChI=1S/C11H13NO6S/c1-19(17,18)8-4-2-3-7(5-8)10(14)12-9(6-13)11(15)16/h2-5,9,13H,6H2,1H3,(H,12,14)(H,15,16)/t9-/m1/s1. The number of amides is 1. The van der Waals surface area contributed by atoms with E-state index in [9.17, 15) is 18.0 Å². The minimum Gasteiger partial charge on any atom is -0.480 e. The highest BCUT2D eigenvalue weighted by Gasteiger charge is 2.20. The Hall–Kier alpha value is -1.93. The molecular weight excluding hydrogens is 274 g/mol. The van der Waals surface area contributed by atoms with E-state index in [1.807, 2.05) is 0 Å². The van der Waals surface area contributed by atoms with Gasteiger partial charge >= 0.3 is 5.97 Å². The summed E-state index contributed by atoms with van der Waals surface area (Å²) >= 11 is 0. The van der Waals surface area contributed by atoms with Crippen molar-refractivity contribution in [3.05, 3.63) is 29.8 Å². The van der Waals surface area contributed by atoms with Crippen molar-refractivity contribution in [3.63, 3.8) is 0 Å². The Morgan fingerprint density at radius 2 is 2.00 bits per heavy atom. The van der Waals surface area contributed by atoms with E-state index >= 15 is 0 Å². The molecule has 0 saturated heterocycles. The summed E-state index contributed by atoms with van der Waals surface area (Å²) in [5, 5.41) is 19.5. The lowest BCUT2D eigenvalue weighted by molar-refractivity contribution is -0.140. The van der Waals surface area contributed by atoms with Crippen LogP contribution in [0.2, 0.25) is 0 Å². The van der Waals surface area contributed by atoms with Gasteiger partial charge in [-0.15, -0.1) is 0 Å². The zero-order valence-corrected chi connectivity index (χ0v) is 10.8. The van der Waals surface area contributed by atoms with Crippen LogP contribution in [0.4, 0.5) is 0 Å². The predicted octanol–water partition coefficient (Wildman–Crippen LogP) is -0.735. The lowest BCUT2D eigenvalue weighted by Crippen LogP contribution is -2.43. The van der Waals surface area contributed by atoms with Crippen LogP contribution in [0, 0.1) is 0 Å². The van der Waals surface area contributed by atoms with E-state index in [1.165, 1.54) is 18.2 Å². The maximum atomic E-state index is 11.7. The number of carboxylic acids is 1. The quantitative estimate of drug-likeness (QED) is 0.656. The highest BCUT2D eigenvalue weighted by atomic mass is 32.2. The lowest BCUT2D eigenvalue weighted by Gasteiger charge is -2.11. The summed E-state index contributed by atoms with van der Waals surface area (Å²) in [4.78, 5) is 22.3. The van der Waals surface area contributed by atoms with Crippen LogP contribution in [0.15, 0.2) is 29.2 Å². The molecule has 19 heavy (non-hydrogen) atoms.